The SMILES string of the molecule is CC12C=Cc3c(ccc4c(N(c5cccc6sc7ccccc7c56)c5cccc6c5c5ccccc5n6-c5ccccc5)cccc34)C1=CC=CC2. The molecule has 2 aliphatic carbocycles. The molecule has 7 aromatic carbocycles. The predicted molar refractivity (Wildman–Crippen MR) is 225 cm³/mol. The summed E-state index contributed by atoms with van der Waals surface area (Å²) in [5, 5.41) is 7.57. The second-order valence-electron chi connectivity index (χ2n) is 14.3. The second kappa shape index (κ2) is 11.2. The van der Waals surface area contributed by atoms with Crippen LogP contribution < -0.4 is 4.90 Å². The van der Waals surface area contributed by atoms with Crippen molar-refractivity contribution in [3.8, 4) is 5.69 Å². The van der Waals surface area contributed by atoms with Crippen molar-refractivity contribution in [2.24, 2.45) is 5.41 Å². The standard InChI is InChI=1S/C49H34N2S/c1-49-30-10-9-19-39(49)35-27-28-36-33(34(35)29-31-49)18-11-21-40(36)51(44-24-13-26-46-48(44)38-17-6-8-25-45(38)52-46)43-23-12-22-42-47(43)37-16-5-7-20-41(37)50(42)32-14-3-2-4-15-32/h2-29,31H,30H2,1H3. The zero-order valence-corrected chi connectivity index (χ0v) is 29.6. The molecule has 0 spiro atoms. The summed E-state index contributed by atoms with van der Waals surface area (Å²) in [7, 11) is 0. The van der Waals surface area contributed by atoms with Crippen LogP contribution in [-0.4, -0.2) is 4.57 Å². The molecule has 9 aromatic rings. The van der Waals surface area contributed by atoms with E-state index in [-0.39, 0.29) is 5.41 Å². The number of nitrogens with zero attached hydrogens (tertiary/aromatic N) is 2. The van der Waals surface area contributed by atoms with Gasteiger partial charge in [0.1, 0.15) is 0 Å². The van der Waals surface area contributed by atoms with Crippen molar-refractivity contribution in [1.82, 2.24) is 4.57 Å². The van der Waals surface area contributed by atoms with Crippen LogP contribution in [-0.2, 0) is 0 Å². The predicted octanol–water partition coefficient (Wildman–Crippen LogP) is 14.2. The first-order chi connectivity index (χ1) is 25.7. The van der Waals surface area contributed by atoms with Gasteiger partial charge in [-0.15, -0.1) is 11.3 Å². The molecule has 1 unspecified atom stereocenters. The number of fused-ring (bicyclic) bond motifs is 11. The molecule has 0 N–H and O–H groups in total. The molecular formula is C49H34N2S. The second-order valence-corrected chi connectivity index (χ2v) is 15.4. The highest BCUT2D eigenvalue weighted by atomic mass is 32.1. The van der Waals surface area contributed by atoms with Crippen LogP contribution in [0.5, 0.6) is 0 Å². The van der Waals surface area contributed by atoms with Crippen LogP contribution in [0.2, 0.25) is 0 Å². The van der Waals surface area contributed by atoms with E-state index >= 15 is 0 Å². The summed E-state index contributed by atoms with van der Waals surface area (Å²) in [6.45, 7) is 2.36. The molecule has 246 valence electrons. The molecule has 0 aliphatic heterocycles. The smallest absolute Gasteiger partial charge is 0.0562 e. The first-order valence-electron chi connectivity index (χ1n) is 18.1. The number of rotatable bonds is 4. The minimum Gasteiger partial charge on any atom is -0.309 e. The van der Waals surface area contributed by atoms with Crippen molar-refractivity contribution in [3.05, 3.63) is 181 Å². The van der Waals surface area contributed by atoms with Gasteiger partial charge in [-0.1, -0.05) is 128 Å². The Balaban J connectivity index is 1.26. The lowest BCUT2D eigenvalue weighted by molar-refractivity contribution is 0.578. The van der Waals surface area contributed by atoms with E-state index in [2.05, 4.69) is 192 Å². The van der Waals surface area contributed by atoms with Crippen LogP contribution in [0.1, 0.15) is 24.5 Å². The Bertz CT molecular complexity index is 3010. The van der Waals surface area contributed by atoms with Crippen LogP contribution in [0.3, 0.4) is 0 Å². The summed E-state index contributed by atoms with van der Waals surface area (Å²) in [5.41, 5.74) is 11.1. The monoisotopic (exact) mass is 682 g/mol. The molecule has 0 fully saturated rings. The molecule has 0 saturated heterocycles. The molecule has 1 atom stereocenters. The maximum atomic E-state index is 2.56. The molecule has 3 heteroatoms. The fourth-order valence-electron chi connectivity index (χ4n) is 8.95. The maximum absolute atomic E-state index is 2.56. The molecule has 0 amide bonds. The summed E-state index contributed by atoms with van der Waals surface area (Å²) in [6, 6.07) is 53.7. The maximum Gasteiger partial charge on any atom is 0.0562 e. The minimum atomic E-state index is 0.0251. The zero-order valence-electron chi connectivity index (χ0n) is 28.8. The summed E-state index contributed by atoms with van der Waals surface area (Å²) in [6.07, 6.45) is 12.7. The van der Waals surface area contributed by atoms with Gasteiger partial charge in [0.15, 0.2) is 0 Å². The van der Waals surface area contributed by atoms with Crippen molar-refractivity contribution in [2.75, 3.05) is 4.90 Å². The molecule has 52 heavy (non-hydrogen) atoms. The van der Waals surface area contributed by atoms with E-state index in [0.29, 0.717) is 0 Å². The van der Waals surface area contributed by atoms with Crippen LogP contribution in [0.4, 0.5) is 17.1 Å². The fraction of sp³-hybridized carbons (Fsp3) is 0.0612. The zero-order chi connectivity index (χ0) is 34.4. The van der Waals surface area contributed by atoms with Crippen LogP contribution >= 0.6 is 11.3 Å². The Kier molecular flexibility index (Phi) is 6.35. The first kappa shape index (κ1) is 29.6. The van der Waals surface area contributed by atoms with Gasteiger partial charge in [-0.2, -0.15) is 0 Å². The Morgan fingerprint density at radius 2 is 1.27 bits per heavy atom. The number of hydrogen-bond donors (Lipinski definition) is 0. The van der Waals surface area contributed by atoms with Gasteiger partial charge >= 0.3 is 0 Å². The largest absolute Gasteiger partial charge is 0.309 e. The Morgan fingerprint density at radius 3 is 2.17 bits per heavy atom. The highest BCUT2D eigenvalue weighted by Crippen LogP contribution is 2.52. The van der Waals surface area contributed by atoms with Crippen molar-refractivity contribution >= 4 is 92.8 Å². The van der Waals surface area contributed by atoms with Crippen molar-refractivity contribution in [2.45, 2.75) is 13.3 Å². The molecule has 11 rings (SSSR count). The van der Waals surface area contributed by atoms with E-state index in [1.807, 2.05) is 11.3 Å². The van der Waals surface area contributed by atoms with Gasteiger partial charge in [0, 0.05) is 47.4 Å². The Morgan fingerprint density at radius 1 is 0.577 bits per heavy atom. The van der Waals surface area contributed by atoms with Gasteiger partial charge < -0.3 is 9.47 Å². The average Bonchev–Trinajstić information content (AvgIpc) is 3.75. The molecule has 2 heterocycles. The molecular weight excluding hydrogens is 649 g/mol. The van der Waals surface area contributed by atoms with Crippen LogP contribution in [0, 0.1) is 5.41 Å². The van der Waals surface area contributed by atoms with Crippen molar-refractivity contribution < 1.29 is 0 Å². The molecule has 2 nitrogen and oxygen atoms in total. The highest BCUT2D eigenvalue weighted by molar-refractivity contribution is 7.26. The summed E-state index contributed by atoms with van der Waals surface area (Å²) in [4.78, 5) is 2.56. The number of anilines is 3. The Hall–Kier alpha value is -6.16. The van der Waals surface area contributed by atoms with E-state index in [4.69, 9.17) is 0 Å². The third kappa shape index (κ3) is 4.17. The van der Waals surface area contributed by atoms with Gasteiger partial charge in [-0.3, -0.25) is 0 Å². The molecule has 0 saturated carbocycles. The van der Waals surface area contributed by atoms with E-state index < -0.39 is 0 Å². The summed E-state index contributed by atoms with van der Waals surface area (Å²) >= 11 is 1.87. The molecule has 0 radical (unpaired) electrons. The summed E-state index contributed by atoms with van der Waals surface area (Å²) in [5.74, 6) is 0. The molecule has 0 bridgehead atoms. The van der Waals surface area contributed by atoms with Gasteiger partial charge in [-0.25, -0.2) is 0 Å². The summed E-state index contributed by atoms with van der Waals surface area (Å²) < 4.78 is 5.01. The van der Waals surface area contributed by atoms with Gasteiger partial charge in [0.05, 0.1) is 28.1 Å². The lowest BCUT2D eigenvalue weighted by Gasteiger charge is -2.35. The topological polar surface area (TPSA) is 8.17 Å². The third-order valence-corrected chi connectivity index (χ3v) is 12.5. The lowest BCUT2D eigenvalue weighted by atomic mass is 9.69. The normalized spacial score (nSPS) is 16.5. The van der Waals surface area contributed by atoms with Gasteiger partial charge in [-0.05, 0) is 83.1 Å². The lowest BCUT2D eigenvalue weighted by Crippen LogP contribution is -2.20. The van der Waals surface area contributed by atoms with Gasteiger partial charge in [0.25, 0.3) is 0 Å². The highest BCUT2D eigenvalue weighted by Gasteiger charge is 2.32. The number of para-hydroxylation sites is 2. The van der Waals surface area contributed by atoms with E-state index in [0.717, 1.165) is 12.1 Å². The van der Waals surface area contributed by atoms with E-state index in [1.165, 1.54) is 86.5 Å². The molecule has 2 aromatic heterocycles. The number of thiophene rings is 1. The fourth-order valence-corrected chi connectivity index (χ4v) is 10.1. The van der Waals surface area contributed by atoms with Gasteiger partial charge in [0.2, 0.25) is 0 Å². The Labute approximate surface area is 306 Å². The minimum absolute atomic E-state index is 0.0251. The number of hydrogen-bond acceptors (Lipinski definition) is 2. The molecule has 2 aliphatic rings. The number of aromatic nitrogens is 1. The van der Waals surface area contributed by atoms with Crippen LogP contribution in [0.25, 0.3) is 70.1 Å². The van der Waals surface area contributed by atoms with Crippen LogP contribution in [0.15, 0.2) is 170 Å². The van der Waals surface area contributed by atoms with Crippen molar-refractivity contribution in [3.63, 3.8) is 0 Å². The van der Waals surface area contributed by atoms with E-state index in [1.54, 1.807) is 0 Å². The number of allylic oxidation sites excluding steroid dienone is 5. The average molecular weight is 683 g/mol. The quantitative estimate of drug-likeness (QED) is 0.179. The first-order valence-corrected chi connectivity index (χ1v) is 18.9. The third-order valence-electron chi connectivity index (χ3n) is 11.3. The van der Waals surface area contributed by atoms with Crippen molar-refractivity contribution in [1.29, 1.82) is 0 Å². The number of benzene rings is 7. The van der Waals surface area contributed by atoms with E-state index in [9.17, 15) is 0 Å².